The lowest BCUT2D eigenvalue weighted by Crippen LogP contribution is -2.55. The Balaban J connectivity index is 2.15. The van der Waals surface area contributed by atoms with E-state index in [0.29, 0.717) is 12.5 Å². The second-order valence-corrected chi connectivity index (χ2v) is 4.89. The largest absolute Gasteiger partial charge is 0.366 e. The van der Waals surface area contributed by atoms with Gasteiger partial charge >= 0.3 is 0 Å². The first-order chi connectivity index (χ1) is 8.20. The van der Waals surface area contributed by atoms with Crippen LogP contribution in [0.25, 0.3) is 0 Å². The number of nitrogens with zero attached hydrogens (tertiary/aromatic N) is 2. The summed E-state index contributed by atoms with van der Waals surface area (Å²) in [4.78, 5) is 2.31. The minimum absolute atomic E-state index is 0.246. The maximum atomic E-state index is 8.76. The van der Waals surface area contributed by atoms with Gasteiger partial charge in [-0.3, -0.25) is 0 Å². The average Bonchev–Trinajstić information content (AvgIpc) is 2.32. The molecule has 2 rings (SSSR count). The number of piperazine rings is 1. The van der Waals surface area contributed by atoms with Crippen LogP contribution >= 0.6 is 11.6 Å². The Hall–Kier alpha value is -1.24. The molecule has 0 aliphatic carbocycles. The fraction of sp³-hybridized carbons (Fsp3) is 0.462. The molecule has 0 amide bonds. The van der Waals surface area contributed by atoms with Crippen molar-refractivity contribution in [1.82, 2.24) is 5.32 Å². The number of benzene rings is 1. The number of hydrogen-bond donors (Lipinski definition) is 1. The molecule has 0 spiro atoms. The maximum absolute atomic E-state index is 8.76. The predicted octanol–water partition coefficient (Wildman–Crippen LogP) is 2.42. The second kappa shape index (κ2) is 5.39. The van der Waals surface area contributed by atoms with Crippen molar-refractivity contribution in [1.29, 1.82) is 5.26 Å². The summed E-state index contributed by atoms with van der Waals surface area (Å²) in [7, 11) is 0. The van der Waals surface area contributed by atoms with Crippen molar-refractivity contribution in [3.05, 3.63) is 29.3 Å². The normalized spacial score (nSPS) is 24.4. The van der Waals surface area contributed by atoms with Crippen LogP contribution in [-0.4, -0.2) is 25.2 Å². The zero-order valence-corrected chi connectivity index (χ0v) is 10.6. The van der Waals surface area contributed by atoms with Gasteiger partial charge in [0.2, 0.25) is 0 Å². The summed E-state index contributed by atoms with van der Waals surface area (Å²) < 4.78 is 0. The fourth-order valence-electron chi connectivity index (χ4n) is 2.19. The van der Waals surface area contributed by atoms with E-state index in [1.165, 1.54) is 0 Å². The Morgan fingerprint density at radius 3 is 3.12 bits per heavy atom. The topological polar surface area (TPSA) is 39.1 Å². The fourth-order valence-corrected chi connectivity index (χ4v) is 2.38. The van der Waals surface area contributed by atoms with Gasteiger partial charge in [-0.2, -0.15) is 5.26 Å². The van der Waals surface area contributed by atoms with Crippen LogP contribution in [0.2, 0.25) is 5.02 Å². The third kappa shape index (κ3) is 2.91. The molecular weight excluding hydrogens is 234 g/mol. The van der Waals surface area contributed by atoms with Crippen molar-refractivity contribution in [3.63, 3.8) is 0 Å². The van der Waals surface area contributed by atoms with E-state index in [1.807, 2.05) is 18.2 Å². The molecule has 0 radical (unpaired) electrons. The minimum Gasteiger partial charge on any atom is -0.366 e. The van der Waals surface area contributed by atoms with E-state index < -0.39 is 0 Å². The van der Waals surface area contributed by atoms with E-state index in [1.54, 1.807) is 0 Å². The van der Waals surface area contributed by atoms with Crippen LogP contribution < -0.4 is 10.2 Å². The average molecular weight is 250 g/mol. The molecule has 1 heterocycles. The molecule has 1 aliphatic rings. The first kappa shape index (κ1) is 12.2. The van der Waals surface area contributed by atoms with Gasteiger partial charge in [0, 0.05) is 35.9 Å². The van der Waals surface area contributed by atoms with Gasteiger partial charge in [0.15, 0.2) is 0 Å². The van der Waals surface area contributed by atoms with Crippen LogP contribution in [0.4, 0.5) is 5.69 Å². The van der Waals surface area contributed by atoms with E-state index in [2.05, 4.69) is 29.3 Å². The molecule has 3 nitrogen and oxygen atoms in total. The Morgan fingerprint density at radius 2 is 2.41 bits per heavy atom. The SMILES string of the molecule is CC1CNC(CC#N)CN1c1cccc(Cl)c1. The van der Waals surface area contributed by atoms with Gasteiger partial charge in [-0.1, -0.05) is 17.7 Å². The van der Waals surface area contributed by atoms with Crippen molar-refractivity contribution in [2.45, 2.75) is 25.4 Å². The molecule has 1 N–H and O–H groups in total. The molecule has 17 heavy (non-hydrogen) atoms. The lowest BCUT2D eigenvalue weighted by atomic mass is 10.1. The second-order valence-electron chi connectivity index (χ2n) is 4.45. The van der Waals surface area contributed by atoms with Gasteiger partial charge in [-0.25, -0.2) is 0 Å². The molecule has 1 fully saturated rings. The summed E-state index contributed by atoms with van der Waals surface area (Å²) in [6.45, 7) is 3.93. The lowest BCUT2D eigenvalue weighted by Gasteiger charge is -2.39. The molecule has 2 unspecified atom stereocenters. The maximum Gasteiger partial charge on any atom is 0.0638 e. The van der Waals surface area contributed by atoms with E-state index >= 15 is 0 Å². The van der Waals surface area contributed by atoms with Crippen molar-refractivity contribution in [2.75, 3.05) is 18.0 Å². The number of hydrogen-bond acceptors (Lipinski definition) is 3. The highest BCUT2D eigenvalue weighted by molar-refractivity contribution is 6.30. The van der Waals surface area contributed by atoms with Crippen LogP contribution in [-0.2, 0) is 0 Å². The summed E-state index contributed by atoms with van der Waals surface area (Å²) in [5.41, 5.74) is 1.13. The van der Waals surface area contributed by atoms with Crippen molar-refractivity contribution in [3.8, 4) is 6.07 Å². The Kier molecular flexibility index (Phi) is 3.88. The molecule has 0 bridgehead atoms. The Morgan fingerprint density at radius 1 is 1.59 bits per heavy atom. The molecule has 0 aromatic heterocycles. The summed E-state index contributed by atoms with van der Waals surface area (Å²) in [5, 5.41) is 12.9. The standard InChI is InChI=1S/C13H16ClN3/c1-10-8-16-12(5-6-15)9-17(10)13-4-2-3-11(14)7-13/h2-4,7,10,12,16H,5,8-9H2,1H3. The number of rotatable bonds is 2. The van der Waals surface area contributed by atoms with Gasteiger partial charge in [0.1, 0.15) is 0 Å². The lowest BCUT2D eigenvalue weighted by molar-refractivity contribution is 0.409. The van der Waals surface area contributed by atoms with Gasteiger partial charge in [-0.05, 0) is 25.1 Å². The van der Waals surface area contributed by atoms with Crippen molar-refractivity contribution < 1.29 is 0 Å². The summed E-state index contributed by atoms with van der Waals surface area (Å²) >= 11 is 6.01. The molecule has 4 heteroatoms. The monoisotopic (exact) mass is 249 g/mol. The minimum atomic E-state index is 0.246. The van der Waals surface area contributed by atoms with Gasteiger partial charge in [0.25, 0.3) is 0 Å². The molecule has 1 aliphatic heterocycles. The highest BCUT2D eigenvalue weighted by Crippen LogP contribution is 2.23. The molecular formula is C13H16ClN3. The number of nitrogens with one attached hydrogen (secondary N) is 1. The van der Waals surface area contributed by atoms with Crippen molar-refractivity contribution >= 4 is 17.3 Å². The van der Waals surface area contributed by atoms with Gasteiger partial charge in [0.05, 0.1) is 12.5 Å². The molecule has 90 valence electrons. The number of halogens is 1. The van der Waals surface area contributed by atoms with Crippen LogP contribution in [0.5, 0.6) is 0 Å². The highest BCUT2D eigenvalue weighted by atomic mass is 35.5. The van der Waals surface area contributed by atoms with Gasteiger partial charge < -0.3 is 10.2 Å². The van der Waals surface area contributed by atoms with Crippen LogP contribution in [0.15, 0.2) is 24.3 Å². The Labute approximate surface area is 107 Å². The number of nitriles is 1. The summed E-state index contributed by atoms with van der Waals surface area (Å²) in [6, 6.07) is 10.8. The van der Waals surface area contributed by atoms with Crippen LogP contribution in [0.3, 0.4) is 0 Å². The van der Waals surface area contributed by atoms with E-state index in [9.17, 15) is 0 Å². The summed E-state index contributed by atoms with van der Waals surface area (Å²) in [5.74, 6) is 0. The van der Waals surface area contributed by atoms with E-state index in [4.69, 9.17) is 16.9 Å². The summed E-state index contributed by atoms with van der Waals surface area (Å²) in [6.07, 6.45) is 0.545. The molecule has 1 saturated heterocycles. The Bertz CT molecular complexity index is 427. The smallest absolute Gasteiger partial charge is 0.0638 e. The first-order valence-electron chi connectivity index (χ1n) is 5.83. The molecule has 1 aromatic carbocycles. The zero-order valence-electron chi connectivity index (χ0n) is 9.86. The first-order valence-corrected chi connectivity index (χ1v) is 6.21. The quantitative estimate of drug-likeness (QED) is 0.875. The molecule has 0 saturated carbocycles. The van der Waals surface area contributed by atoms with Gasteiger partial charge in [-0.15, -0.1) is 0 Å². The molecule has 2 atom stereocenters. The van der Waals surface area contributed by atoms with E-state index in [-0.39, 0.29) is 6.04 Å². The highest BCUT2D eigenvalue weighted by Gasteiger charge is 2.24. The van der Waals surface area contributed by atoms with Crippen molar-refractivity contribution in [2.24, 2.45) is 0 Å². The third-order valence-corrected chi connectivity index (χ3v) is 3.36. The third-order valence-electron chi connectivity index (χ3n) is 3.13. The van der Waals surface area contributed by atoms with E-state index in [0.717, 1.165) is 23.8 Å². The van der Waals surface area contributed by atoms with Crippen LogP contribution in [0, 0.1) is 11.3 Å². The number of anilines is 1. The zero-order chi connectivity index (χ0) is 12.3. The van der Waals surface area contributed by atoms with Crippen LogP contribution in [0.1, 0.15) is 13.3 Å². The predicted molar refractivity (Wildman–Crippen MR) is 70.3 cm³/mol. The molecule has 1 aromatic rings.